The van der Waals surface area contributed by atoms with Crippen molar-refractivity contribution in [2.24, 2.45) is 0 Å². The third-order valence-electron chi connectivity index (χ3n) is 5.52. The number of carbonyl (C=O) groups is 5. The number of thiophene rings is 1. The maximum atomic E-state index is 13.0. The van der Waals surface area contributed by atoms with Crippen LogP contribution in [0.5, 0.6) is 0 Å². The van der Waals surface area contributed by atoms with Crippen LogP contribution in [0.1, 0.15) is 44.0 Å². The van der Waals surface area contributed by atoms with Crippen molar-refractivity contribution in [1.82, 2.24) is 4.90 Å². The second kappa shape index (κ2) is 9.02. The Morgan fingerprint density at radius 2 is 1.76 bits per heavy atom. The quantitative estimate of drug-likeness (QED) is 0.537. The van der Waals surface area contributed by atoms with Crippen LogP contribution in [0.3, 0.4) is 0 Å². The molecular formula is C22H21N3O7S. The highest BCUT2D eigenvalue weighted by Gasteiger charge is 2.32. The van der Waals surface area contributed by atoms with Crippen LogP contribution in [0.2, 0.25) is 0 Å². The molecule has 1 aromatic carbocycles. The predicted octanol–water partition coefficient (Wildman–Crippen LogP) is 2.56. The van der Waals surface area contributed by atoms with Gasteiger partial charge < -0.3 is 19.7 Å². The molecule has 4 rings (SSSR count). The fraction of sp³-hybridized carbons (Fsp3) is 0.318. The molecule has 3 heterocycles. The molecule has 0 bridgehead atoms. The number of amides is 4. The first-order valence-electron chi connectivity index (χ1n) is 10.2. The number of hydrogen-bond donors (Lipinski definition) is 1. The van der Waals surface area contributed by atoms with Gasteiger partial charge in [-0.3, -0.25) is 19.3 Å². The van der Waals surface area contributed by atoms with Crippen LogP contribution in [-0.4, -0.2) is 55.4 Å². The lowest BCUT2D eigenvalue weighted by Gasteiger charge is -2.25. The number of nitrogens with zero attached hydrogens (tertiary/aromatic N) is 2. The molecule has 1 saturated heterocycles. The van der Waals surface area contributed by atoms with Crippen molar-refractivity contribution < 1.29 is 33.4 Å². The average Bonchev–Trinajstić information content (AvgIpc) is 3.35. The second-order valence-corrected chi connectivity index (χ2v) is 8.57. The van der Waals surface area contributed by atoms with E-state index in [4.69, 9.17) is 9.47 Å². The molecule has 10 nitrogen and oxygen atoms in total. The second-order valence-electron chi connectivity index (χ2n) is 7.47. The summed E-state index contributed by atoms with van der Waals surface area (Å²) in [5, 5.41) is 3.06. The van der Waals surface area contributed by atoms with Gasteiger partial charge in [-0.15, -0.1) is 11.3 Å². The van der Waals surface area contributed by atoms with Crippen molar-refractivity contribution in [3.8, 4) is 0 Å². The summed E-state index contributed by atoms with van der Waals surface area (Å²) in [4.78, 5) is 64.8. The topological polar surface area (TPSA) is 122 Å². The molecular weight excluding hydrogens is 450 g/mol. The van der Waals surface area contributed by atoms with Gasteiger partial charge in [0.05, 0.1) is 32.0 Å². The molecule has 0 saturated carbocycles. The van der Waals surface area contributed by atoms with E-state index in [0.29, 0.717) is 23.7 Å². The Hall–Kier alpha value is -3.73. The highest BCUT2D eigenvalue weighted by molar-refractivity contribution is 7.17. The third kappa shape index (κ3) is 4.19. The van der Waals surface area contributed by atoms with E-state index in [0.717, 1.165) is 15.3 Å². The average molecular weight is 471 g/mol. The lowest BCUT2D eigenvalue weighted by molar-refractivity contribution is -0.121. The number of nitrogens with one attached hydrogen (secondary N) is 1. The van der Waals surface area contributed by atoms with Gasteiger partial charge >= 0.3 is 12.1 Å². The maximum absolute atomic E-state index is 13.0. The third-order valence-corrected chi connectivity index (χ3v) is 6.66. The van der Waals surface area contributed by atoms with Crippen molar-refractivity contribution >= 4 is 51.8 Å². The van der Waals surface area contributed by atoms with Crippen molar-refractivity contribution in [2.45, 2.75) is 25.8 Å². The summed E-state index contributed by atoms with van der Waals surface area (Å²) in [6, 6.07) is 6.18. The standard InChI is InChI=1S/C22H21N3O7S/c1-31-21(29)18-14-8-9-24(22(30)32-2)11-15(14)33-20(18)23-19(28)12-4-3-5-13(10-12)25-16(26)6-7-17(25)27/h3-5,10H,6-9,11H2,1-2H3,(H,23,28). The molecule has 1 aromatic heterocycles. The Labute approximate surface area is 193 Å². The fourth-order valence-corrected chi connectivity index (χ4v) is 5.17. The number of carbonyl (C=O) groups excluding carboxylic acids is 5. The molecule has 0 spiro atoms. The summed E-state index contributed by atoms with van der Waals surface area (Å²) in [6.07, 6.45) is 0.222. The lowest BCUT2D eigenvalue weighted by Crippen LogP contribution is -2.35. The smallest absolute Gasteiger partial charge is 0.409 e. The zero-order valence-corrected chi connectivity index (χ0v) is 18.8. The number of esters is 1. The summed E-state index contributed by atoms with van der Waals surface area (Å²) in [6.45, 7) is 0.620. The first-order chi connectivity index (χ1) is 15.8. The summed E-state index contributed by atoms with van der Waals surface area (Å²) in [7, 11) is 2.56. The Balaban J connectivity index is 1.62. The number of fused-ring (bicyclic) bond motifs is 1. The molecule has 0 atom stereocenters. The van der Waals surface area contributed by atoms with Gasteiger partial charge in [-0.2, -0.15) is 0 Å². The lowest BCUT2D eigenvalue weighted by atomic mass is 10.0. The van der Waals surface area contributed by atoms with Crippen LogP contribution in [0.15, 0.2) is 24.3 Å². The van der Waals surface area contributed by atoms with E-state index in [-0.39, 0.29) is 42.3 Å². The maximum Gasteiger partial charge on any atom is 0.409 e. The first-order valence-corrected chi connectivity index (χ1v) is 11.0. The number of rotatable bonds is 4. The van der Waals surface area contributed by atoms with Crippen molar-refractivity contribution in [1.29, 1.82) is 0 Å². The Kier molecular flexibility index (Phi) is 6.14. The van der Waals surface area contributed by atoms with Crippen molar-refractivity contribution in [3.05, 3.63) is 45.8 Å². The molecule has 2 aliphatic rings. The Morgan fingerprint density at radius 3 is 2.42 bits per heavy atom. The van der Waals surface area contributed by atoms with E-state index in [9.17, 15) is 24.0 Å². The molecule has 0 aliphatic carbocycles. The number of ether oxygens (including phenoxy) is 2. The number of anilines is 2. The van der Waals surface area contributed by atoms with Crippen LogP contribution in [0.25, 0.3) is 0 Å². The minimum Gasteiger partial charge on any atom is -0.465 e. The van der Waals surface area contributed by atoms with E-state index in [1.165, 1.54) is 36.5 Å². The molecule has 0 unspecified atom stereocenters. The van der Waals surface area contributed by atoms with E-state index >= 15 is 0 Å². The normalized spacial score (nSPS) is 15.3. The Bertz CT molecular complexity index is 1160. The van der Waals surface area contributed by atoms with Gasteiger partial charge in [-0.25, -0.2) is 9.59 Å². The molecule has 4 amide bonds. The first kappa shape index (κ1) is 22.5. The monoisotopic (exact) mass is 471 g/mol. The van der Waals surface area contributed by atoms with E-state index < -0.39 is 18.0 Å². The molecule has 2 aromatic rings. The van der Waals surface area contributed by atoms with Gasteiger partial charge in [-0.1, -0.05) is 6.07 Å². The molecule has 33 heavy (non-hydrogen) atoms. The Morgan fingerprint density at radius 1 is 1.03 bits per heavy atom. The van der Waals surface area contributed by atoms with Gasteiger partial charge in [0.15, 0.2) is 0 Å². The summed E-state index contributed by atoms with van der Waals surface area (Å²) < 4.78 is 9.70. The van der Waals surface area contributed by atoms with E-state index in [1.54, 1.807) is 18.2 Å². The zero-order valence-electron chi connectivity index (χ0n) is 18.0. The van der Waals surface area contributed by atoms with Gasteiger partial charge in [0, 0.05) is 29.8 Å². The number of hydrogen-bond acceptors (Lipinski definition) is 8. The molecule has 172 valence electrons. The zero-order chi connectivity index (χ0) is 23.7. The van der Waals surface area contributed by atoms with Crippen LogP contribution >= 0.6 is 11.3 Å². The molecule has 1 N–H and O–H groups in total. The van der Waals surface area contributed by atoms with Gasteiger partial charge in [0.2, 0.25) is 11.8 Å². The largest absolute Gasteiger partial charge is 0.465 e. The van der Waals surface area contributed by atoms with Crippen LogP contribution < -0.4 is 10.2 Å². The highest BCUT2D eigenvalue weighted by atomic mass is 32.1. The summed E-state index contributed by atoms with van der Waals surface area (Å²) in [5.74, 6) is -1.72. The van der Waals surface area contributed by atoms with E-state index in [1.807, 2.05) is 0 Å². The predicted molar refractivity (Wildman–Crippen MR) is 118 cm³/mol. The summed E-state index contributed by atoms with van der Waals surface area (Å²) in [5.41, 5.74) is 1.53. The number of methoxy groups -OCH3 is 2. The number of benzene rings is 1. The summed E-state index contributed by atoms with van der Waals surface area (Å²) >= 11 is 1.19. The molecule has 2 aliphatic heterocycles. The van der Waals surface area contributed by atoms with Crippen LogP contribution in [0.4, 0.5) is 15.5 Å². The van der Waals surface area contributed by atoms with Crippen LogP contribution in [0, 0.1) is 0 Å². The fourth-order valence-electron chi connectivity index (χ4n) is 3.92. The molecule has 11 heteroatoms. The van der Waals surface area contributed by atoms with Crippen LogP contribution in [-0.2, 0) is 32.0 Å². The van der Waals surface area contributed by atoms with Crippen molar-refractivity contribution in [3.63, 3.8) is 0 Å². The molecule has 0 radical (unpaired) electrons. The van der Waals surface area contributed by atoms with E-state index in [2.05, 4.69) is 5.32 Å². The van der Waals surface area contributed by atoms with Gasteiger partial charge in [0.25, 0.3) is 5.91 Å². The highest BCUT2D eigenvalue weighted by Crippen LogP contribution is 2.38. The van der Waals surface area contributed by atoms with Crippen molar-refractivity contribution in [2.75, 3.05) is 31.0 Å². The van der Waals surface area contributed by atoms with Gasteiger partial charge in [-0.05, 0) is 30.2 Å². The minimum absolute atomic E-state index is 0.140. The number of imide groups is 1. The molecule has 1 fully saturated rings. The SMILES string of the molecule is COC(=O)c1c(NC(=O)c2cccc(N3C(=O)CCC3=O)c2)sc2c1CCN(C(=O)OC)C2. The minimum atomic E-state index is -0.587. The van der Waals surface area contributed by atoms with Gasteiger partial charge in [0.1, 0.15) is 5.00 Å².